The first kappa shape index (κ1) is 24.8. The second kappa shape index (κ2) is 9.86. The molecule has 0 aliphatic heterocycles. The van der Waals surface area contributed by atoms with E-state index in [2.05, 4.69) is 15.3 Å². The van der Waals surface area contributed by atoms with Gasteiger partial charge in [0.05, 0.1) is 5.69 Å². The van der Waals surface area contributed by atoms with Gasteiger partial charge in [0.1, 0.15) is 0 Å². The maximum atomic E-state index is 13.7. The van der Waals surface area contributed by atoms with Crippen LogP contribution in [0.3, 0.4) is 0 Å². The predicted molar refractivity (Wildman–Crippen MR) is 134 cm³/mol. The third-order valence-corrected chi connectivity index (χ3v) is 7.26. The Bertz CT molecular complexity index is 1260. The number of hydrogen-bond acceptors (Lipinski definition) is 5. The van der Waals surface area contributed by atoms with Gasteiger partial charge in [-0.1, -0.05) is 18.2 Å². The molecule has 2 aliphatic rings. The van der Waals surface area contributed by atoms with Crippen molar-refractivity contribution in [1.82, 2.24) is 15.3 Å². The van der Waals surface area contributed by atoms with E-state index in [1.807, 2.05) is 26.0 Å². The van der Waals surface area contributed by atoms with Crippen molar-refractivity contribution in [2.75, 3.05) is 11.4 Å². The van der Waals surface area contributed by atoms with Crippen LogP contribution in [-0.4, -0.2) is 34.6 Å². The summed E-state index contributed by atoms with van der Waals surface area (Å²) in [5.41, 5.74) is 2.89. The highest BCUT2D eigenvalue weighted by Gasteiger charge is 2.44. The number of aryl methyl sites for hydroxylation is 2. The molecule has 188 valence electrons. The predicted octanol–water partition coefficient (Wildman–Crippen LogP) is 6.33. The number of rotatable bonds is 8. The smallest absolute Gasteiger partial charge is 0.313 e. The summed E-state index contributed by atoms with van der Waals surface area (Å²) in [6.45, 7) is 4.71. The largest absolute Gasteiger partial charge is 0.472 e. The lowest BCUT2D eigenvalue weighted by Crippen LogP contribution is -2.38. The molecule has 0 bridgehead atoms. The van der Waals surface area contributed by atoms with Gasteiger partial charge in [-0.3, -0.25) is 9.69 Å². The van der Waals surface area contributed by atoms with Crippen LogP contribution in [0.15, 0.2) is 64.6 Å². The average Bonchev–Trinajstić information content (AvgIpc) is 3.72. The highest BCUT2D eigenvalue weighted by Crippen LogP contribution is 2.43. The number of nitrogens with one attached hydrogen (secondary N) is 1. The zero-order valence-corrected chi connectivity index (χ0v) is 20.9. The minimum atomic E-state index is -5.02. The van der Waals surface area contributed by atoms with Crippen LogP contribution in [0.1, 0.15) is 42.1 Å². The molecule has 5 nitrogen and oxygen atoms in total. The topological polar surface area (TPSA) is 58.1 Å². The van der Waals surface area contributed by atoms with E-state index < -0.39 is 12.1 Å². The SMILES string of the molecule is Cc1cc(C)nc(Sc2cccc(N(C(=O)C(F)(F)F)c3cccc(C4CC4NCC4CC4)c3)c2)n1. The van der Waals surface area contributed by atoms with E-state index in [0.29, 0.717) is 16.1 Å². The Morgan fingerprint density at radius 2 is 1.69 bits per heavy atom. The molecule has 9 heteroatoms. The zero-order chi connectivity index (χ0) is 25.4. The van der Waals surface area contributed by atoms with Crippen molar-refractivity contribution in [2.45, 2.75) is 61.3 Å². The number of hydrogen-bond donors (Lipinski definition) is 1. The molecule has 5 rings (SSSR count). The highest BCUT2D eigenvalue weighted by molar-refractivity contribution is 7.99. The molecule has 2 aliphatic carbocycles. The van der Waals surface area contributed by atoms with Gasteiger partial charge < -0.3 is 5.32 Å². The molecule has 2 aromatic carbocycles. The Morgan fingerprint density at radius 1 is 1.03 bits per heavy atom. The molecule has 2 atom stereocenters. The van der Waals surface area contributed by atoms with E-state index in [1.165, 1.54) is 30.7 Å². The summed E-state index contributed by atoms with van der Waals surface area (Å²) in [6.07, 6.45) is -1.54. The minimum Gasteiger partial charge on any atom is -0.313 e. The fourth-order valence-electron chi connectivity index (χ4n) is 4.36. The van der Waals surface area contributed by atoms with E-state index in [4.69, 9.17) is 0 Å². The molecule has 3 aromatic rings. The van der Waals surface area contributed by atoms with Crippen LogP contribution in [0.2, 0.25) is 0 Å². The van der Waals surface area contributed by atoms with Crippen molar-refractivity contribution in [3.63, 3.8) is 0 Å². The van der Waals surface area contributed by atoms with E-state index >= 15 is 0 Å². The molecular weight excluding hydrogens is 485 g/mol. The Labute approximate surface area is 212 Å². The summed E-state index contributed by atoms with van der Waals surface area (Å²) < 4.78 is 41.1. The van der Waals surface area contributed by atoms with E-state index in [-0.39, 0.29) is 17.3 Å². The average molecular weight is 513 g/mol. The van der Waals surface area contributed by atoms with Gasteiger partial charge in [-0.15, -0.1) is 0 Å². The third-order valence-electron chi connectivity index (χ3n) is 6.40. The number of alkyl halides is 3. The summed E-state index contributed by atoms with van der Waals surface area (Å²) in [7, 11) is 0. The van der Waals surface area contributed by atoms with Gasteiger partial charge in [-0.2, -0.15) is 13.2 Å². The van der Waals surface area contributed by atoms with Crippen LogP contribution in [0.25, 0.3) is 0 Å². The van der Waals surface area contributed by atoms with E-state index in [9.17, 15) is 18.0 Å². The summed E-state index contributed by atoms with van der Waals surface area (Å²) >= 11 is 1.24. The number of carbonyl (C=O) groups excluding carboxylic acids is 1. The van der Waals surface area contributed by atoms with Gasteiger partial charge >= 0.3 is 12.1 Å². The molecule has 0 saturated heterocycles. The Hall–Kier alpha value is -2.91. The standard InChI is InChI=1S/C27H27F3N4OS/c1-16-11-17(2)33-26(32-16)36-22-8-4-7-21(13-22)34(25(35)27(28,29)30)20-6-3-5-19(12-20)23-14-24(23)31-15-18-9-10-18/h3-8,11-13,18,23-24,31H,9-10,14-15H2,1-2H3. The van der Waals surface area contributed by atoms with Crippen molar-refractivity contribution >= 4 is 29.0 Å². The first-order valence-corrected chi connectivity index (χ1v) is 12.8. The molecule has 1 heterocycles. The van der Waals surface area contributed by atoms with E-state index in [0.717, 1.165) is 40.7 Å². The molecule has 0 spiro atoms. The zero-order valence-electron chi connectivity index (χ0n) is 20.0. The Morgan fingerprint density at radius 3 is 2.36 bits per heavy atom. The molecule has 1 N–H and O–H groups in total. The number of nitrogens with zero attached hydrogens (tertiary/aromatic N) is 3. The summed E-state index contributed by atoms with van der Waals surface area (Å²) in [5.74, 6) is -0.921. The lowest BCUT2D eigenvalue weighted by Gasteiger charge is -2.25. The quantitative estimate of drug-likeness (QED) is 0.358. The lowest BCUT2D eigenvalue weighted by molar-refractivity contribution is -0.169. The highest BCUT2D eigenvalue weighted by atomic mass is 32.2. The monoisotopic (exact) mass is 512 g/mol. The molecule has 36 heavy (non-hydrogen) atoms. The molecule has 0 radical (unpaired) electrons. The first-order chi connectivity index (χ1) is 17.2. The molecule has 1 amide bonds. The van der Waals surface area contributed by atoms with Gasteiger partial charge in [-0.25, -0.2) is 9.97 Å². The van der Waals surface area contributed by atoms with Crippen molar-refractivity contribution in [2.24, 2.45) is 5.92 Å². The maximum absolute atomic E-state index is 13.7. The van der Waals surface area contributed by atoms with Crippen molar-refractivity contribution in [3.8, 4) is 0 Å². The van der Waals surface area contributed by atoms with Crippen molar-refractivity contribution < 1.29 is 18.0 Å². The number of amides is 1. The molecule has 2 fully saturated rings. The van der Waals surface area contributed by atoms with Gasteiger partial charge in [0.15, 0.2) is 5.16 Å². The minimum absolute atomic E-state index is 0.142. The van der Waals surface area contributed by atoms with Crippen LogP contribution >= 0.6 is 11.8 Å². The second-order valence-electron chi connectivity index (χ2n) is 9.57. The number of anilines is 2. The fourth-order valence-corrected chi connectivity index (χ4v) is 5.28. The molecule has 1 aromatic heterocycles. The number of carbonyl (C=O) groups is 1. The van der Waals surface area contributed by atoms with Gasteiger partial charge in [0.25, 0.3) is 0 Å². The summed E-state index contributed by atoms with van der Waals surface area (Å²) in [6, 6.07) is 15.6. The molecule has 2 saturated carbocycles. The first-order valence-electron chi connectivity index (χ1n) is 12.0. The van der Waals surface area contributed by atoms with Crippen LogP contribution in [0.4, 0.5) is 24.5 Å². The van der Waals surface area contributed by atoms with Crippen LogP contribution in [0.5, 0.6) is 0 Å². The van der Waals surface area contributed by atoms with Gasteiger partial charge in [0, 0.05) is 33.9 Å². The Kier molecular flexibility index (Phi) is 6.78. The van der Waals surface area contributed by atoms with Crippen LogP contribution < -0.4 is 10.2 Å². The Balaban J connectivity index is 1.43. The number of aromatic nitrogens is 2. The van der Waals surface area contributed by atoms with Gasteiger partial charge in [-0.05, 0) is 99.3 Å². The summed E-state index contributed by atoms with van der Waals surface area (Å²) in [4.78, 5) is 22.8. The lowest BCUT2D eigenvalue weighted by atomic mass is 10.1. The molecular formula is C27H27F3N4OS. The fraction of sp³-hybridized carbons (Fsp3) is 0.370. The number of benzene rings is 2. The van der Waals surface area contributed by atoms with Crippen molar-refractivity contribution in [3.05, 3.63) is 71.5 Å². The third kappa shape index (κ3) is 5.90. The van der Waals surface area contributed by atoms with Crippen LogP contribution in [0, 0.1) is 19.8 Å². The number of halogens is 3. The summed E-state index contributed by atoms with van der Waals surface area (Å²) in [5, 5.41) is 4.06. The van der Waals surface area contributed by atoms with Crippen LogP contribution in [-0.2, 0) is 4.79 Å². The normalized spacial score (nSPS) is 19.2. The van der Waals surface area contributed by atoms with Crippen molar-refractivity contribution in [1.29, 1.82) is 0 Å². The van der Waals surface area contributed by atoms with E-state index in [1.54, 1.807) is 36.4 Å². The van der Waals surface area contributed by atoms with Gasteiger partial charge in [0.2, 0.25) is 0 Å². The second-order valence-corrected chi connectivity index (χ2v) is 10.6. The molecule has 2 unspecified atom stereocenters. The maximum Gasteiger partial charge on any atom is 0.472 e.